The van der Waals surface area contributed by atoms with Crippen molar-refractivity contribution in [3.8, 4) is 0 Å². The molecule has 1 aliphatic carbocycles. The van der Waals surface area contributed by atoms with Gasteiger partial charge in [0.1, 0.15) is 0 Å². The number of esters is 1. The van der Waals surface area contributed by atoms with Gasteiger partial charge in [-0.3, -0.25) is 4.79 Å². The third-order valence-corrected chi connectivity index (χ3v) is 5.75. The number of aromatic nitrogens is 1. The first-order valence-electron chi connectivity index (χ1n) is 10.1. The number of aryl methyl sites for hydroxylation is 3. The molecule has 1 aliphatic rings. The van der Waals surface area contributed by atoms with Gasteiger partial charge in [-0.15, -0.1) is 0 Å². The van der Waals surface area contributed by atoms with Gasteiger partial charge in [-0.2, -0.15) is 0 Å². The molecule has 0 unspecified atom stereocenters. The molecule has 150 valence electrons. The highest BCUT2D eigenvalue weighted by Gasteiger charge is 2.21. The first-order chi connectivity index (χ1) is 13.9. The van der Waals surface area contributed by atoms with Gasteiger partial charge in [0.05, 0.1) is 5.56 Å². The van der Waals surface area contributed by atoms with E-state index in [2.05, 4.69) is 17.2 Å². The maximum Gasteiger partial charge on any atom is 0.338 e. The lowest BCUT2D eigenvalue weighted by molar-refractivity contribution is -0.119. The molecule has 4 rings (SSSR count). The third kappa shape index (κ3) is 3.90. The van der Waals surface area contributed by atoms with E-state index in [1.807, 2.05) is 44.2 Å². The third-order valence-electron chi connectivity index (χ3n) is 5.75. The normalized spacial score (nSPS) is 15.8. The molecule has 0 saturated heterocycles. The summed E-state index contributed by atoms with van der Waals surface area (Å²) in [6.45, 7) is 5.81. The van der Waals surface area contributed by atoms with Crippen LogP contribution in [0, 0.1) is 19.8 Å². The molecule has 5 heteroatoms. The maximum absolute atomic E-state index is 12.5. The van der Waals surface area contributed by atoms with E-state index in [-0.39, 0.29) is 12.5 Å². The molecular weight excluding hydrogens is 364 g/mol. The van der Waals surface area contributed by atoms with Crippen LogP contribution in [-0.2, 0) is 22.4 Å². The summed E-state index contributed by atoms with van der Waals surface area (Å²) in [5, 5.41) is 3.92. The Morgan fingerprint density at radius 3 is 2.69 bits per heavy atom. The highest BCUT2D eigenvalue weighted by Crippen LogP contribution is 2.32. The fraction of sp³-hybridized carbons (Fsp3) is 0.333. The summed E-state index contributed by atoms with van der Waals surface area (Å²) in [7, 11) is 0. The van der Waals surface area contributed by atoms with Crippen LogP contribution in [0.15, 0.2) is 36.4 Å². The predicted molar refractivity (Wildman–Crippen MR) is 114 cm³/mol. The zero-order valence-corrected chi connectivity index (χ0v) is 17.1. The fourth-order valence-corrected chi connectivity index (χ4v) is 4.12. The second-order valence-electron chi connectivity index (χ2n) is 8.08. The number of anilines is 1. The Balaban J connectivity index is 1.45. The number of hydrogen-bond donors (Lipinski definition) is 2. The highest BCUT2D eigenvalue weighted by atomic mass is 16.5. The molecule has 0 spiro atoms. The van der Waals surface area contributed by atoms with Crippen molar-refractivity contribution in [3.05, 3.63) is 64.3 Å². The van der Waals surface area contributed by atoms with Gasteiger partial charge in [0.15, 0.2) is 6.61 Å². The number of amides is 1. The van der Waals surface area contributed by atoms with Gasteiger partial charge in [-0.1, -0.05) is 25.1 Å². The average molecular weight is 390 g/mol. The smallest absolute Gasteiger partial charge is 0.338 e. The van der Waals surface area contributed by atoms with Crippen molar-refractivity contribution in [1.82, 2.24) is 4.98 Å². The molecule has 0 bridgehead atoms. The lowest BCUT2D eigenvalue weighted by Gasteiger charge is -2.18. The lowest BCUT2D eigenvalue weighted by atomic mass is 9.87. The summed E-state index contributed by atoms with van der Waals surface area (Å²) in [6, 6.07) is 11.4. The van der Waals surface area contributed by atoms with Gasteiger partial charge in [-0.25, -0.2) is 4.79 Å². The summed E-state index contributed by atoms with van der Waals surface area (Å²) >= 11 is 0. The van der Waals surface area contributed by atoms with Crippen LogP contribution < -0.4 is 5.32 Å². The molecule has 1 atom stereocenters. The molecule has 1 aromatic heterocycles. The van der Waals surface area contributed by atoms with Gasteiger partial charge >= 0.3 is 5.97 Å². The average Bonchev–Trinajstić information content (AvgIpc) is 3.06. The molecule has 29 heavy (non-hydrogen) atoms. The number of nitrogens with one attached hydrogen (secondary N) is 2. The van der Waals surface area contributed by atoms with Crippen molar-refractivity contribution in [2.75, 3.05) is 11.9 Å². The van der Waals surface area contributed by atoms with Gasteiger partial charge in [0.2, 0.25) is 0 Å². The van der Waals surface area contributed by atoms with Crippen LogP contribution in [0.25, 0.3) is 10.9 Å². The lowest BCUT2D eigenvalue weighted by Crippen LogP contribution is -2.21. The van der Waals surface area contributed by atoms with Crippen molar-refractivity contribution in [1.29, 1.82) is 0 Å². The molecule has 0 aliphatic heterocycles. The van der Waals surface area contributed by atoms with Crippen LogP contribution in [-0.4, -0.2) is 23.5 Å². The highest BCUT2D eigenvalue weighted by molar-refractivity contribution is 5.99. The van der Waals surface area contributed by atoms with E-state index in [1.54, 1.807) is 6.07 Å². The quantitative estimate of drug-likeness (QED) is 0.634. The fourth-order valence-electron chi connectivity index (χ4n) is 4.12. The molecule has 0 fully saturated rings. The van der Waals surface area contributed by atoms with Crippen LogP contribution in [0.4, 0.5) is 5.69 Å². The SMILES string of the molecule is Cc1cccc(C)c1NC(=O)COC(=O)c1ccc2[nH]c3c(c2c1)C[C@H](C)CC3. The first-order valence-corrected chi connectivity index (χ1v) is 10.1. The van der Waals surface area contributed by atoms with Crippen molar-refractivity contribution >= 4 is 28.5 Å². The minimum absolute atomic E-state index is 0.313. The minimum Gasteiger partial charge on any atom is -0.452 e. The number of rotatable bonds is 4. The molecule has 0 radical (unpaired) electrons. The molecule has 1 amide bonds. The molecule has 0 saturated carbocycles. The van der Waals surface area contributed by atoms with Crippen molar-refractivity contribution < 1.29 is 14.3 Å². The second-order valence-corrected chi connectivity index (χ2v) is 8.08. The van der Waals surface area contributed by atoms with Gasteiger partial charge < -0.3 is 15.0 Å². The molecule has 5 nitrogen and oxygen atoms in total. The molecule has 2 N–H and O–H groups in total. The number of ether oxygens (including phenoxy) is 1. The van der Waals surface area contributed by atoms with Crippen molar-refractivity contribution in [2.45, 2.75) is 40.0 Å². The number of carbonyl (C=O) groups is 2. The molecular formula is C24H26N2O3. The number of para-hydroxylation sites is 1. The van der Waals surface area contributed by atoms with E-state index in [1.165, 1.54) is 17.7 Å². The summed E-state index contributed by atoms with van der Waals surface area (Å²) in [4.78, 5) is 28.3. The van der Waals surface area contributed by atoms with Gasteiger partial charge in [-0.05, 0) is 73.9 Å². The topological polar surface area (TPSA) is 71.2 Å². The van der Waals surface area contributed by atoms with E-state index in [0.717, 1.165) is 40.6 Å². The van der Waals surface area contributed by atoms with Crippen LogP contribution in [0.3, 0.4) is 0 Å². The number of benzene rings is 2. The van der Waals surface area contributed by atoms with Crippen LogP contribution in [0.1, 0.15) is 46.1 Å². The molecule has 1 heterocycles. The Hall–Kier alpha value is -3.08. The Labute approximate surface area is 170 Å². The Bertz CT molecular complexity index is 1080. The van der Waals surface area contributed by atoms with Gasteiger partial charge in [0.25, 0.3) is 5.91 Å². The van der Waals surface area contributed by atoms with Crippen LogP contribution >= 0.6 is 0 Å². The summed E-state index contributed by atoms with van der Waals surface area (Å²) < 4.78 is 5.27. The van der Waals surface area contributed by atoms with E-state index in [4.69, 9.17) is 4.74 Å². The first kappa shape index (κ1) is 19.2. The standard InChI is InChI=1S/C24H26N2O3/c1-14-7-9-20-18(11-14)19-12-17(8-10-21(19)25-20)24(28)29-13-22(27)26-23-15(2)5-4-6-16(23)3/h4-6,8,10,12,14,25H,7,9,11,13H2,1-3H3,(H,26,27)/t14-/m1/s1. The van der Waals surface area contributed by atoms with E-state index in [0.29, 0.717) is 11.5 Å². The number of fused-ring (bicyclic) bond motifs is 3. The predicted octanol–water partition coefficient (Wildman–Crippen LogP) is 4.71. The van der Waals surface area contributed by atoms with Gasteiger partial charge in [0, 0.05) is 22.3 Å². The zero-order chi connectivity index (χ0) is 20.5. The number of hydrogen-bond acceptors (Lipinski definition) is 3. The Morgan fingerprint density at radius 2 is 1.93 bits per heavy atom. The van der Waals surface area contributed by atoms with Crippen molar-refractivity contribution in [3.63, 3.8) is 0 Å². The monoisotopic (exact) mass is 390 g/mol. The number of H-pyrrole nitrogens is 1. The second kappa shape index (κ2) is 7.74. The molecule has 3 aromatic rings. The largest absolute Gasteiger partial charge is 0.452 e. The van der Waals surface area contributed by atoms with Crippen LogP contribution in [0.5, 0.6) is 0 Å². The van der Waals surface area contributed by atoms with Crippen LogP contribution in [0.2, 0.25) is 0 Å². The Morgan fingerprint density at radius 1 is 1.17 bits per heavy atom. The zero-order valence-electron chi connectivity index (χ0n) is 17.1. The van der Waals surface area contributed by atoms with E-state index in [9.17, 15) is 9.59 Å². The van der Waals surface area contributed by atoms with E-state index >= 15 is 0 Å². The van der Waals surface area contributed by atoms with E-state index < -0.39 is 5.97 Å². The summed E-state index contributed by atoms with van der Waals surface area (Å²) in [5.74, 6) is -0.183. The Kier molecular flexibility index (Phi) is 5.14. The maximum atomic E-state index is 12.5. The summed E-state index contributed by atoms with van der Waals surface area (Å²) in [6.07, 6.45) is 3.25. The number of aromatic amines is 1. The minimum atomic E-state index is -0.484. The molecule has 2 aromatic carbocycles. The van der Waals surface area contributed by atoms with Crippen molar-refractivity contribution in [2.24, 2.45) is 5.92 Å². The number of carbonyl (C=O) groups excluding carboxylic acids is 2. The summed E-state index contributed by atoms with van der Waals surface area (Å²) in [5.41, 5.74) is 6.81.